The largest absolute Gasteiger partial charge is 0.416 e. The van der Waals surface area contributed by atoms with E-state index < -0.39 is 11.7 Å². The van der Waals surface area contributed by atoms with E-state index in [9.17, 15) is 13.2 Å². The van der Waals surface area contributed by atoms with E-state index in [2.05, 4.69) is 11.5 Å². The Bertz CT molecular complexity index is 690. The molecule has 1 aliphatic rings. The molecule has 136 valence electrons. The Balaban J connectivity index is 2.43. The molecule has 1 aromatic rings. The Hall–Kier alpha value is -1.66. The Labute approximate surface area is 151 Å². The van der Waals surface area contributed by atoms with Gasteiger partial charge in [0.05, 0.1) is 17.0 Å². The number of halogens is 3. The molecule has 1 aliphatic heterocycles. The van der Waals surface area contributed by atoms with E-state index in [0.29, 0.717) is 12.2 Å². The lowest BCUT2D eigenvalue weighted by Crippen LogP contribution is -2.29. The second kappa shape index (κ2) is 8.15. The second-order valence-corrected chi connectivity index (χ2v) is 7.38. The van der Waals surface area contributed by atoms with Crippen LogP contribution < -0.4 is 4.90 Å². The number of hydrogen-bond donors (Lipinski definition) is 0. The predicted octanol–water partition coefficient (Wildman–Crippen LogP) is 5.46. The number of nitrogens with zero attached hydrogens (tertiary/aromatic N) is 2. The maximum atomic E-state index is 13.2. The van der Waals surface area contributed by atoms with Gasteiger partial charge in [-0.25, -0.2) is 0 Å². The molecule has 1 aromatic carbocycles. The molecule has 6 heteroatoms. The first-order valence-electron chi connectivity index (χ1n) is 8.05. The van der Waals surface area contributed by atoms with Gasteiger partial charge in [0.25, 0.3) is 0 Å². The Morgan fingerprint density at radius 3 is 2.56 bits per heavy atom. The standard InChI is InChI=1S/C19H23F3N2S/c1-5-15(19(20,21)22)13-17-14(2)25-18-10-7-6-9-16(18)24(17)12-8-11-23(3)4/h5-7,9-10,13H,1,8,11-12H2,2-4H3. The molecule has 0 aliphatic carbocycles. The molecule has 2 nitrogen and oxygen atoms in total. The molecule has 0 saturated heterocycles. The first kappa shape index (κ1) is 19.7. The maximum absolute atomic E-state index is 13.2. The Morgan fingerprint density at radius 1 is 1.28 bits per heavy atom. The minimum absolute atomic E-state index is 0.592. The van der Waals surface area contributed by atoms with Crippen LogP contribution in [0, 0.1) is 0 Å². The molecule has 0 radical (unpaired) electrons. The summed E-state index contributed by atoms with van der Waals surface area (Å²) in [5.74, 6) is 0. The fourth-order valence-corrected chi connectivity index (χ4v) is 3.71. The zero-order valence-corrected chi connectivity index (χ0v) is 15.5. The van der Waals surface area contributed by atoms with Crippen LogP contribution in [0.1, 0.15) is 13.3 Å². The summed E-state index contributed by atoms with van der Waals surface area (Å²) < 4.78 is 39.6. The van der Waals surface area contributed by atoms with Gasteiger partial charge in [-0.15, -0.1) is 0 Å². The number of alkyl halides is 3. The van der Waals surface area contributed by atoms with Crippen LogP contribution in [0.4, 0.5) is 18.9 Å². The lowest BCUT2D eigenvalue weighted by Gasteiger charge is -2.34. The van der Waals surface area contributed by atoms with E-state index in [1.54, 1.807) is 0 Å². The third-order valence-electron chi connectivity index (χ3n) is 3.90. The summed E-state index contributed by atoms with van der Waals surface area (Å²) in [4.78, 5) is 5.97. The number of para-hydroxylation sites is 1. The van der Waals surface area contributed by atoms with Crippen LogP contribution >= 0.6 is 11.8 Å². The van der Waals surface area contributed by atoms with Gasteiger partial charge in [0.1, 0.15) is 0 Å². The van der Waals surface area contributed by atoms with E-state index in [-0.39, 0.29) is 0 Å². The van der Waals surface area contributed by atoms with E-state index in [4.69, 9.17) is 0 Å². The number of thioether (sulfide) groups is 1. The molecule has 25 heavy (non-hydrogen) atoms. The molecule has 0 amide bonds. The van der Waals surface area contributed by atoms with Crippen molar-refractivity contribution in [2.45, 2.75) is 24.4 Å². The molecule has 0 spiro atoms. The van der Waals surface area contributed by atoms with Crippen LogP contribution in [0.3, 0.4) is 0 Å². The van der Waals surface area contributed by atoms with E-state index in [0.717, 1.165) is 34.5 Å². The van der Waals surface area contributed by atoms with Gasteiger partial charge in [-0.1, -0.05) is 36.5 Å². The molecule has 0 N–H and O–H groups in total. The minimum atomic E-state index is -4.41. The third kappa shape index (κ3) is 4.92. The zero-order valence-electron chi connectivity index (χ0n) is 14.7. The number of benzene rings is 1. The highest BCUT2D eigenvalue weighted by Crippen LogP contribution is 2.44. The quantitative estimate of drug-likeness (QED) is 0.616. The van der Waals surface area contributed by atoms with Gasteiger partial charge < -0.3 is 9.80 Å². The number of rotatable bonds is 6. The van der Waals surface area contributed by atoms with E-state index in [1.165, 1.54) is 17.8 Å². The van der Waals surface area contributed by atoms with Crippen molar-refractivity contribution < 1.29 is 13.2 Å². The third-order valence-corrected chi connectivity index (χ3v) is 4.98. The highest BCUT2D eigenvalue weighted by atomic mass is 32.2. The van der Waals surface area contributed by atoms with Crippen molar-refractivity contribution in [2.75, 3.05) is 32.1 Å². The lowest BCUT2D eigenvalue weighted by atomic mass is 10.1. The van der Waals surface area contributed by atoms with Gasteiger partial charge in [-0.3, -0.25) is 0 Å². The Kier molecular flexibility index (Phi) is 6.41. The summed E-state index contributed by atoms with van der Waals surface area (Å²) in [6.07, 6.45) is -1.47. The van der Waals surface area contributed by atoms with E-state index >= 15 is 0 Å². The normalized spacial score (nSPS) is 15.6. The number of allylic oxidation sites excluding steroid dienone is 4. The number of fused-ring (bicyclic) bond motifs is 1. The van der Waals surface area contributed by atoms with Gasteiger partial charge in [-0.05, 0) is 52.2 Å². The van der Waals surface area contributed by atoms with Crippen LogP contribution in [0.5, 0.6) is 0 Å². The van der Waals surface area contributed by atoms with Crippen LogP contribution in [-0.4, -0.2) is 38.3 Å². The molecule has 0 fully saturated rings. The summed E-state index contributed by atoms with van der Waals surface area (Å²) in [6, 6.07) is 7.82. The summed E-state index contributed by atoms with van der Waals surface area (Å²) in [7, 11) is 3.97. The van der Waals surface area contributed by atoms with Crippen molar-refractivity contribution in [2.24, 2.45) is 0 Å². The molecule has 0 atom stereocenters. The van der Waals surface area contributed by atoms with Crippen molar-refractivity contribution in [1.29, 1.82) is 0 Å². The van der Waals surface area contributed by atoms with Gasteiger partial charge in [0.15, 0.2) is 0 Å². The van der Waals surface area contributed by atoms with Gasteiger partial charge >= 0.3 is 6.18 Å². The van der Waals surface area contributed by atoms with Crippen LogP contribution in [-0.2, 0) is 0 Å². The average Bonchev–Trinajstić information content (AvgIpc) is 2.52. The smallest absolute Gasteiger partial charge is 0.340 e. The second-order valence-electron chi connectivity index (χ2n) is 6.12. The molecule has 2 rings (SSSR count). The topological polar surface area (TPSA) is 6.48 Å². The minimum Gasteiger partial charge on any atom is -0.340 e. The predicted molar refractivity (Wildman–Crippen MR) is 99.9 cm³/mol. The highest BCUT2D eigenvalue weighted by molar-refractivity contribution is 8.03. The molecule has 0 bridgehead atoms. The van der Waals surface area contributed by atoms with Crippen molar-refractivity contribution in [3.8, 4) is 0 Å². The van der Waals surface area contributed by atoms with E-state index in [1.807, 2.05) is 50.2 Å². The van der Waals surface area contributed by atoms with Crippen LogP contribution in [0.2, 0.25) is 0 Å². The molecular formula is C19H23F3N2S. The van der Waals surface area contributed by atoms with Gasteiger partial charge in [0, 0.05) is 16.3 Å². The molecule has 0 aromatic heterocycles. The van der Waals surface area contributed by atoms with Crippen molar-refractivity contribution in [1.82, 2.24) is 4.90 Å². The average molecular weight is 368 g/mol. The monoisotopic (exact) mass is 368 g/mol. The number of hydrogen-bond acceptors (Lipinski definition) is 3. The van der Waals surface area contributed by atoms with Crippen LogP contribution in [0.15, 0.2) is 64.1 Å². The fraction of sp³-hybridized carbons (Fsp3) is 0.368. The molecule has 0 unspecified atom stereocenters. The van der Waals surface area contributed by atoms with Gasteiger partial charge in [0.2, 0.25) is 0 Å². The molecule has 1 heterocycles. The summed E-state index contributed by atoms with van der Waals surface area (Å²) in [5, 5.41) is 0. The zero-order chi connectivity index (χ0) is 18.6. The molecular weight excluding hydrogens is 345 g/mol. The maximum Gasteiger partial charge on any atom is 0.416 e. The van der Waals surface area contributed by atoms with Crippen molar-refractivity contribution >= 4 is 17.4 Å². The summed E-state index contributed by atoms with van der Waals surface area (Å²) >= 11 is 1.51. The van der Waals surface area contributed by atoms with Crippen molar-refractivity contribution in [3.05, 3.63) is 59.2 Å². The Morgan fingerprint density at radius 2 is 1.96 bits per heavy atom. The molecule has 0 saturated carbocycles. The SMILES string of the molecule is C=CC(=CC1=C(C)Sc2ccccc2N1CCCN(C)C)C(F)(F)F. The lowest BCUT2D eigenvalue weighted by molar-refractivity contribution is -0.0882. The first-order valence-corrected chi connectivity index (χ1v) is 8.87. The first-order chi connectivity index (χ1) is 11.7. The summed E-state index contributed by atoms with van der Waals surface area (Å²) in [6.45, 7) is 6.72. The number of anilines is 1. The fourth-order valence-electron chi connectivity index (χ4n) is 2.67. The van der Waals surface area contributed by atoms with Crippen LogP contribution in [0.25, 0.3) is 0 Å². The summed E-state index contributed by atoms with van der Waals surface area (Å²) in [5.41, 5.74) is 0.822. The highest BCUT2D eigenvalue weighted by Gasteiger charge is 2.33. The van der Waals surface area contributed by atoms with Crippen molar-refractivity contribution in [3.63, 3.8) is 0 Å². The van der Waals surface area contributed by atoms with Gasteiger partial charge in [-0.2, -0.15) is 13.2 Å².